The number of halogens is 1. The van der Waals surface area contributed by atoms with Gasteiger partial charge in [-0.05, 0) is 6.42 Å². The van der Waals surface area contributed by atoms with Crippen molar-refractivity contribution < 1.29 is 4.74 Å². The standard InChI is InChI=1S/C14H22ClN3O/c1-14(2,3)13-16-11(15)7-12(17-13)18-6-5-10(8-18)9-19-4/h7,10H,5-6,8-9H2,1-4H3. The monoisotopic (exact) mass is 283 g/mol. The van der Waals surface area contributed by atoms with Gasteiger partial charge in [-0.3, -0.25) is 0 Å². The lowest BCUT2D eigenvalue weighted by Crippen LogP contribution is -2.24. The summed E-state index contributed by atoms with van der Waals surface area (Å²) in [7, 11) is 1.75. The predicted molar refractivity (Wildman–Crippen MR) is 77.9 cm³/mol. The van der Waals surface area contributed by atoms with Crippen molar-refractivity contribution >= 4 is 17.4 Å². The Kier molecular flexibility index (Phi) is 4.31. The number of nitrogens with zero attached hydrogens (tertiary/aromatic N) is 3. The Bertz CT molecular complexity index is 445. The van der Waals surface area contributed by atoms with E-state index in [2.05, 4.69) is 35.6 Å². The Morgan fingerprint density at radius 2 is 2.16 bits per heavy atom. The molecule has 1 atom stereocenters. The van der Waals surface area contributed by atoms with Crippen LogP contribution in [0.3, 0.4) is 0 Å². The molecule has 1 saturated heterocycles. The summed E-state index contributed by atoms with van der Waals surface area (Å²) in [5.41, 5.74) is -0.0920. The number of hydrogen-bond donors (Lipinski definition) is 0. The van der Waals surface area contributed by atoms with Crippen molar-refractivity contribution in [3.8, 4) is 0 Å². The van der Waals surface area contributed by atoms with E-state index in [0.717, 1.165) is 37.8 Å². The topological polar surface area (TPSA) is 38.2 Å². The molecule has 4 nitrogen and oxygen atoms in total. The fourth-order valence-electron chi connectivity index (χ4n) is 2.32. The van der Waals surface area contributed by atoms with Crippen LogP contribution in [0.15, 0.2) is 6.07 Å². The van der Waals surface area contributed by atoms with Crippen molar-refractivity contribution in [1.29, 1.82) is 0 Å². The highest BCUT2D eigenvalue weighted by atomic mass is 35.5. The molecule has 0 aliphatic carbocycles. The molecule has 0 saturated carbocycles. The molecule has 0 aromatic carbocycles. The van der Waals surface area contributed by atoms with Gasteiger partial charge in [-0.25, -0.2) is 9.97 Å². The van der Waals surface area contributed by atoms with Crippen LogP contribution >= 0.6 is 11.6 Å². The van der Waals surface area contributed by atoms with Crippen molar-refractivity contribution in [3.63, 3.8) is 0 Å². The normalized spacial score (nSPS) is 20.1. The molecule has 1 unspecified atom stereocenters. The highest BCUT2D eigenvalue weighted by Gasteiger charge is 2.26. The molecule has 1 aromatic heterocycles. The molecule has 0 amide bonds. The Morgan fingerprint density at radius 1 is 1.42 bits per heavy atom. The van der Waals surface area contributed by atoms with Gasteiger partial charge in [0, 0.05) is 37.6 Å². The van der Waals surface area contributed by atoms with Gasteiger partial charge >= 0.3 is 0 Å². The van der Waals surface area contributed by atoms with Crippen LogP contribution in [0.2, 0.25) is 5.15 Å². The summed E-state index contributed by atoms with van der Waals surface area (Å²) in [6, 6.07) is 1.85. The van der Waals surface area contributed by atoms with E-state index < -0.39 is 0 Å². The minimum Gasteiger partial charge on any atom is -0.384 e. The second-order valence-corrected chi connectivity index (χ2v) is 6.57. The fraction of sp³-hybridized carbons (Fsp3) is 0.714. The van der Waals surface area contributed by atoms with Crippen LogP contribution < -0.4 is 4.90 Å². The van der Waals surface area contributed by atoms with E-state index in [-0.39, 0.29) is 5.41 Å². The molecular formula is C14H22ClN3O. The first-order valence-electron chi connectivity index (χ1n) is 6.69. The molecule has 1 aliphatic heterocycles. The van der Waals surface area contributed by atoms with Gasteiger partial charge in [0.1, 0.15) is 16.8 Å². The van der Waals surface area contributed by atoms with Crippen molar-refractivity contribution in [2.45, 2.75) is 32.6 Å². The van der Waals surface area contributed by atoms with E-state index in [9.17, 15) is 0 Å². The van der Waals surface area contributed by atoms with E-state index in [0.29, 0.717) is 11.1 Å². The number of anilines is 1. The first-order valence-corrected chi connectivity index (χ1v) is 7.07. The Morgan fingerprint density at radius 3 is 2.79 bits per heavy atom. The summed E-state index contributed by atoms with van der Waals surface area (Å²) in [6.45, 7) is 9.08. The third kappa shape index (κ3) is 3.57. The first-order chi connectivity index (χ1) is 8.90. The number of rotatable bonds is 3. The predicted octanol–water partition coefficient (Wildman–Crippen LogP) is 2.90. The van der Waals surface area contributed by atoms with Crippen molar-refractivity contribution in [3.05, 3.63) is 17.0 Å². The molecule has 0 bridgehead atoms. The second-order valence-electron chi connectivity index (χ2n) is 6.18. The zero-order chi connectivity index (χ0) is 14.0. The average Bonchev–Trinajstić information content (AvgIpc) is 2.76. The van der Waals surface area contributed by atoms with Crippen LogP contribution in [0.5, 0.6) is 0 Å². The van der Waals surface area contributed by atoms with E-state index >= 15 is 0 Å². The number of ether oxygens (including phenoxy) is 1. The van der Waals surface area contributed by atoms with Gasteiger partial charge in [0.25, 0.3) is 0 Å². The van der Waals surface area contributed by atoms with Crippen LogP contribution in [0.4, 0.5) is 5.82 Å². The highest BCUT2D eigenvalue weighted by molar-refractivity contribution is 6.29. The number of hydrogen-bond acceptors (Lipinski definition) is 4. The Hall–Kier alpha value is -0.870. The highest BCUT2D eigenvalue weighted by Crippen LogP contribution is 2.27. The molecule has 0 radical (unpaired) electrons. The SMILES string of the molecule is COCC1CCN(c2cc(Cl)nc(C(C)(C)C)n2)C1. The lowest BCUT2D eigenvalue weighted by molar-refractivity contribution is 0.161. The molecule has 2 heterocycles. The van der Waals surface area contributed by atoms with Crippen LogP contribution in [-0.4, -0.2) is 36.8 Å². The van der Waals surface area contributed by atoms with E-state index in [1.54, 1.807) is 7.11 Å². The molecule has 1 aromatic rings. The summed E-state index contributed by atoms with van der Waals surface area (Å²) < 4.78 is 5.23. The molecular weight excluding hydrogens is 262 g/mol. The van der Waals surface area contributed by atoms with E-state index in [1.165, 1.54) is 0 Å². The summed E-state index contributed by atoms with van der Waals surface area (Å²) in [4.78, 5) is 11.3. The van der Waals surface area contributed by atoms with Crippen LogP contribution in [0, 0.1) is 5.92 Å². The second kappa shape index (κ2) is 5.63. The average molecular weight is 284 g/mol. The zero-order valence-corrected chi connectivity index (χ0v) is 12.9. The quantitative estimate of drug-likeness (QED) is 0.800. The van der Waals surface area contributed by atoms with Crippen LogP contribution in [-0.2, 0) is 10.2 Å². The molecule has 106 valence electrons. The molecule has 1 fully saturated rings. The van der Waals surface area contributed by atoms with Gasteiger partial charge in [0.05, 0.1) is 6.61 Å². The van der Waals surface area contributed by atoms with Gasteiger partial charge in [-0.15, -0.1) is 0 Å². The maximum Gasteiger partial charge on any atom is 0.137 e. The maximum atomic E-state index is 6.13. The lowest BCUT2D eigenvalue weighted by atomic mass is 9.96. The molecule has 0 N–H and O–H groups in total. The van der Waals surface area contributed by atoms with Crippen LogP contribution in [0.1, 0.15) is 33.0 Å². The van der Waals surface area contributed by atoms with Gasteiger partial charge in [0.15, 0.2) is 0 Å². The smallest absolute Gasteiger partial charge is 0.137 e. The molecule has 1 aliphatic rings. The van der Waals surface area contributed by atoms with Crippen molar-refractivity contribution in [2.24, 2.45) is 5.92 Å². The maximum absolute atomic E-state index is 6.13. The Labute approximate surface area is 120 Å². The van der Waals surface area contributed by atoms with E-state index in [4.69, 9.17) is 16.3 Å². The molecule has 0 spiro atoms. The first kappa shape index (κ1) is 14.5. The Balaban J connectivity index is 2.19. The summed E-state index contributed by atoms with van der Waals surface area (Å²) in [6.07, 6.45) is 1.14. The summed E-state index contributed by atoms with van der Waals surface area (Å²) in [5, 5.41) is 0.519. The van der Waals surface area contributed by atoms with Crippen molar-refractivity contribution in [1.82, 2.24) is 9.97 Å². The summed E-state index contributed by atoms with van der Waals surface area (Å²) in [5.74, 6) is 2.31. The fourth-order valence-corrected chi connectivity index (χ4v) is 2.49. The molecule has 5 heteroatoms. The lowest BCUT2D eigenvalue weighted by Gasteiger charge is -2.22. The third-order valence-corrected chi connectivity index (χ3v) is 3.56. The van der Waals surface area contributed by atoms with Gasteiger partial charge in [0.2, 0.25) is 0 Å². The zero-order valence-electron chi connectivity index (χ0n) is 12.1. The number of methoxy groups -OCH3 is 1. The molecule has 19 heavy (non-hydrogen) atoms. The van der Waals surface area contributed by atoms with Crippen LogP contribution in [0.25, 0.3) is 0 Å². The molecule has 2 rings (SSSR count). The third-order valence-electron chi connectivity index (χ3n) is 3.36. The minimum absolute atomic E-state index is 0.0920. The largest absolute Gasteiger partial charge is 0.384 e. The number of aromatic nitrogens is 2. The van der Waals surface area contributed by atoms with Crippen molar-refractivity contribution in [2.75, 3.05) is 31.7 Å². The van der Waals surface area contributed by atoms with Gasteiger partial charge in [-0.1, -0.05) is 32.4 Å². The summed E-state index contributed by atoms with van der Waals surface area (Å²) >= 11 is 6.13. The van der Waals surface area contributed by atoms with Gasteiger partial charge < -0.3 is 9.64 Å². The minimum atomic E-state index is -0.0920. The van der Waals surface area contributed by atoms with E-state index in [1.807, 2.05) is 6.07 Å². The van der Waals surface area contributed by atoms with Gasteiger partial charge in [-0.2, -0.15) is 0 Å².